The Kier molecular flexibility index (Phi) is 5.15. The van der Waals surface area contributed by atoms with Gasteiger partial charge in [0.1, 0.15) is 0 Å². The molecule has 0 spiro atoms. The lowest BCUT2D eigenvalue weighted by atomic mass is 10.1. The van der Waals surface area contributed by atoms with Crippen molar-refractivity contribution in [2.75, 3.05) is 6.54 Å². The normalized spacial score (nSPS) is 10.9. The van der Waals surface area contributed by atoms with Crippen LogP contribution < -0.4 is 5.32 Å². The fourth-order valence-corrected chi connectivity index (χ4v) is 2.21. The Bertz CT molecular complexity index is 474. The van der Waals surface area contributed by atoms with E-state index in [4.69, 9.17) is 0 Å². The lowest BCUT2D eigenvalue weighted by molar-refractivity contribution is 0.599. The molecule has 1 aromatic heterocycles. The molecule has 2 aromatic rings. The van der Waals surface area contributed by atoms with Crippen LogP contribution in [0.5, 0.6) is 0 Å². The van der Waals surface area contributed by atoms with E-state index in [1.807, 2.05) is 12.3 Å². The Hall–Kier alpha value is -1.41. The van der Waals surface area contributed by atoms with Crippen LogP contribution >= 0.6 is 0 Å². The molecule has 0 aliphatic carbocycles. The first-order valence-corrected chi connectivity index (χ1v) is 6.95. The van der Waals surface area contributed by atoms with Crippen molar-refractivity contribution in [3.05, 3.63) is 42.1 Å². The Morgan fingerprint density at radius 1 is 1.06 bits per heavy atom. The number of hydrogen-bond acceptors (Lipinski definition) is 2. The monoisotopic (exact) mass is 242 g/mol. The van der Waals surface area contributed by atoms with Gasteiger partial charge in [-0.3, -0.25) is 4.98 Å². The molecule has 0 unspecified atom stereocenters. The number of fused-ring (bicyclic) bond motifs is 1. The molecule has 2 rings (SSSR count). The third-order valence-corrected chi connectivity index (χ3v) is 3.24. The fraction of sp³-hybridized carbons (Fsp3) is 0.438. The van der Waals surface area contributed by atoms with Crippen molar-refractivity contribution < 1.29 is 0 Å². The molecule has 2 nitrogen and oxygen atoms in total. The Morgan fingerprint density at radius 2 is 1.94 bits per heavy atom. The molecule has 1 N–H and O–H groups in total. The number of aromatic nitrogens is 1. The third kappa shape index (κ3) is 3.54. The van der Waals surface area contributed by atoms with Crippen LogP contribution in [-0.2, 0) is 6.54 Å². The molecule has 0 fully saturated rings. The first-order valence-electron chi connectivity index (χ1n) is 6.95. The van der Waals surface area contributed by atoms with Gasteiger partial charge in [-0.05, 0) is 24.6 Å². The van der Waals surface area contributed by atoms with Gasteiger partial charge < -0.3 is 5.32 Å². The van der Waals surface area contributed by atoms with Crippen molar-refractivity contribution in [2.45, 2.75) is 39.2 Å². The van der Waals surface area contributed by atoms with E-state index in [-0.39, 0.29) is 0 Å². The smallest absolute Gasteiger partial charge is 0.0746 e. The summed E-state index contributed by atoms with van der Waals surface area (Å²) in [5, 5.41) is 4.74. The molecule has 0 saturated carbocycles. The summed E-state index contributed by atoms with van der Waals surface area (Å²) in [7, 11) is 0. The van der Waals surface area contributed by atoms with Gasteiger partial charge in [0, 0.05) is 18.1 Å². The zero-order chi connectivity index (χ0) is 12.6. The summed E-state index contributed by atoms with van der Waals surface area (Å²) in [4.78, 5) is 4.47. The highest BCUT2D eigenvalue weighted by molar-refractivity contribution is 5.81. The molecule has 0 bridgehead atoms. The SMILES string of the molecule is CCCCCCNCc1cccc2cccnc12. The number of nitrogens with one attached hydrogen (secondary N) is 1. The number of hydrogen-bond donors (Lipinski definition) is 1. The lowest BCUT2D eigenvalue weighted by Crippen LogP contribution is -2.15. The van der Waals surface area contributed by atoms with Crippen molar-refractivity contribution in [3.8, 4) is 0 Å². The highest BCUT2D eigenvalue weighted by atomic mass is 14.8. The Morgan fingerprint density at radius 3 is 2.83 bits per heavy atom. The second-order valence-corrected chi connectivity index (χ2v) is 4.73. The van der Waals surface area contributed by atoms with Crippen molar-refractivity contribution in [2.24, 2.45) is 0 Å². The van der Waals surface area contributed by atoms with Gasteiger partial charge >= 0.3 is 0 Å². The zero-order valence-electron chi connectivity index (χ0n) is 11.2. The number of benzene rings is 1. The molecule has 0 amide bonds. The van der Waals surface area contributed by atoms with Crippen LogP contribution in [0, 0.1) is 0 Å². The van der Waals surface area contributed by atoms with E-state index < -0.39 is 0 Å². The van der Waals surface area contributed by atoms with Gasteiger partial charge in [0.15, 0.2) is 0 Å². The number of pyridine rings is 1. The number of unbranched alkanes of at least 4 members (excludes halogenated alkanes) is 3. The predicted molar refractivity (Wildman–Crippen MR) is 77.6 cm³/mol. The molecule has 96 valence electrons. The topological polar surface area (TPSA) is 24.9 Å². The van der Waals surface area contributed by atoms with Crippen LogP contribution in [0.1, 0.15) is 38.2 Å². The molecule has 18 heavy (non-hydrogen) atoms. The highest BCUT2D eigenvalue weighted by Gasteiger charge is 2.00. The van der Waals surface area contributed by atoms with E-state index in [0.717, 1.165) is 18.6 Å². The van der Waals surface area contributed by atoms with Gasteiger partial charge in [0.2, 0.25) is 0 Å². The summed E-state index contributed by atoms with van der Waals surface area (Å²) >= 11 is 0. The minimum Gasteiger partial charge on any atom is -0.313 e. The standard InChI is InChI=1S/C16H22N2/c1-2-3-4-5-11-17-13-15-9-6-8-14-10-7-12-18-16(14)15/h6-10,12,17H,2-5,11,13H2,1H3. The van der Waals surface area contributed by atoms with Gasteiger partial charge in [0.05, 0.1) is 5.52 Å². The van der Waals surface area contributed by atoms with Gasteiger partial charge in [-0.1, -0.05) is 50.5 Å². The van der Waals surface area contributed by atoms with Gasteiger partial charge in [0.25, 0.3) is 0 Å². The second-order valence-electron chi connectivity index (χ2n) is 4.73. The summed E-state index contributed by atoms with van der Waals surface area (Å²) in [6, 6.07) is 10.5. The number of para-hydroxylation sites is 1. The highest BCUT2D eigenvalue weighted by Crippen LogP contribution is 2.15. The van der Waals surface area contributed by atoms with Crippen LogP contribution in [0.15, 0.2) is 36.5 Å². The van der Waals surface area contributed by atoms with E-state index in [0.29, 0.717) is 0 Å². The molecule has 1 aromatic carbocycles. The molecular weight excluding hydrogens is 220 g/mol. The average Bonchev–Trinajstić information content (AvgIpc) is 2.43. The lowest BCUT2D eigenvalue weighted by Gasteiger charge is -2.07. The summed E-state index contributed by atoms with van der Waals surface area (Å²) < 4.78 is 0. The summed E-state index contributed by atoms with van der Waals surface area (Å²) in [6.45, 7) is 4.26. The molecule has 0 aliphatic rings. The van der Waals surface area contributed by atoms with Crippen molar-refractivity contribution >= 4 is 10.9 Å². The molecule has 0 radical (unpaired) electrons. The molecule has 0 aliphatic heterocycles. The Balaban J connectivity index is 1.88. The summed E-state index contributed by atoms with van der Waals surface area (Å²) in [5.41, 5.74) is 2.42. The van der Waals surface area contributed by atoms with Gasteiger partial charge in [-0.15, -0.1) is 0 Å². The Labute approximate surface area is 109 Å². The minimum atomic E-state index is 0.917. The van der Waals surface area contributed by atoms with Gasteiger partial charge in [-0.25, -0.2) is 0 Å². The van der Waals surface area contributed by atoms with E-state index in [1.54, 1.807) is 0 Å². The maximum absolute atomic E-state index is 4.47. The maximum Gasteiger partial charge on any atom is 0.0746 e. The van der Waals surface area contributed by atoms with Crippen LogP contribution in [-0.4, -0.2) is 11.5 Å². The van der Waals surface area contributed by atoms with Crippen LogP contribution in [0.25, 0.3) is 10.9 Å². The molecule has 1 heterocycles. The van der Waals surface area contributed by atoms with E-state index in [1.165, 1.54) is 36.6 Å². The number of rotatable bonds is 7. The van der Waals surface area contributed by atoms with Crippen LogP contribution in [0.3, 0.4) is 0 Å². The third-order valence-electron chi connectivity index (χ3n) is 3.24. The van der Waals surface area contributed by atoms with Crippen molar-refractivity contribution in [1.29, 1.82) is 0 Å². The second kappa shape index (κ2) is 7.12. The fourth-order valence-electron chi connectivity index (χ4n) is 2.21. The zero-order valence-corrected chi connectivity index (χ0v) is 11.2. The quantitative estimate of drug-likeness (QED) is 0.745. The van der Waals surface area contributed by atoms with Crippen LogP contribution in [0.2, 0.25) is 0 Å². The average molecular weight is 242 g/mol. The van der Waals surface area contributed by atoms with Gasteiger partial charge in [-0.2, -0.15) is 0 Å². The van der Waals surface area contributed by atoms with Crippen molar-refractivity contribution in [3.63, 3.8) is 0 Å². The molecule has 0 atom stereocenters. The van der Waals surface area contributed by atoms with E-state index >= 15 is 0 Å². The first kappa shape index (κ1) is 13.0. The van der Waals surface area contributed by atoms with E-state index in [9.17, 15) is 0 Å². The minimum absolute atomic E-state index is 0.917. The predicted octanol–water partition coefficient (Wildman–Crippen LogP) is 3.90. The molecular formula is C16H22N2. The largest absolute Gasteiger partial charge is 0.313 e. The van der Waals surface area contributed by atoms with Crippen molar-refractivity contribution in [1.82, 2.24) is 10.3 Å². The molecule has 2 heteroatoms. The summed E-state index contributed by atoms with van der Waals surface area (Å²) in [5.74, 6) is 0. The van der Waals surface area contributed by atoms with E-state index in [2.05, 4.69) is 41.5 Å². The molecule has 0 saturated heterocycles. The number of nitrogens with zero attached hydrogens (tertiary/aromatic N) is 1. The first-order chi connectivity index (χ1) is 8.92. The maximum atomic E-state index is 4.47. The van der Waals surface area contributed by atoms with Crippen LogP contribution in [0.4, 0.5) is 0 Å². The summed E-state index contributed by atoms with van der Waals surface area (Å²) in [6.07, 6.45) is 7.11.